The molecule has 0 fully saturated rings. The Labute approximate surface area is 106 Å². The van der Waals surface area contributed by atoms with Gasteiger partial charge in [-0.15, -0.1) is 0 Å². The van der Waals surface area contributed by atoms with E-state index in [0.717, 1.165) is 0 Å². The molecule has 92 valence electrons. The van der Waals surface area contributed by atoms with Crippen LogP contribution in [0.1, 0.15) is 12.8 Å². The minimum absolute atomic E-state index is 0.0745. The minimum Gasteiger partial charge on any atom is -0.481 e. The predicted octanol–water partition coefficient (Wildman–Crippen LogP) is 0.370. The van der Waals surface area contributed by atoms with Gasteiger partial charge in [-0.2, -0.15) is 0 Å². The molecule has 1 atom stereocenters. The summed E-state index contributed by atoms with van der Waals surface area (Å²) in [7, 11) is 0. The first-order valence-corrected chi connectivity index (χ1v) is 5.54. The van der Waals surface area contributed by atoms with Gasteiger partial charge in [-0.3, -0.25) is 9.59 Å². The number of halogens is 1. The highest BCUT2D eigenvalue weighted by molar-refractivity contribution is 9.10. The maximum Gasteiger partial charge on any atom is 0.303 e. The molecule has 0 aliphatic carbocycles. The van der Waals surface area contributed by atoms with Crippen molar-refractivity contribution >= 4 is 33.6 Å². The third kappa shape index (κ3) is 4.87. The molecular formula is C9H11BrN4O3. The lowest BCUT2D eigenvalue weighted by atomic mass is 10.1. The summed E-state index contributed by atoms with van der Waals surface area (Å²) in [6, 6.07) is -0.878. The zero-order valence-corrected chi connectivity index (χ0v) is 10.3. The molecule has 0 radical (unpaired) electrons. The van der Waals surface area contributed by atoms with Crippen molar-refractivity contribution in [2.45, 2.75) is 18.9 Å². The molecule has 0 bridgehead atoms. The molecule has 0 aliphatic heterocycles. The van der Waals surface area contributed by atoms with Crippen molar-refractivity contribution in [3.63, 3.8) is 0 Å². The molecule has 1 amide bonds. The molecule has 0 spiro atoms. The van der Waals surface area contributed by atoms with Gasteiger partial charge in [0.1, 0.15) is 4.60 Å². The Bertz CT molecular complexity index is 409. The number of nitrogens with zero attached hydrogens (tertiary/aromatic N) is 2. The number of nitrogens with one attached hydrogen (secondary N) is 1. The molecule has 4 N–H and O–H groups in total. The van der Waals surface area contributed by atoms with Gasteiger partial charge in [0.15, 0.2) is 5.82 Å². The Balaban J connectivity index is 2.48. The monoisotopic (exact) mass is 302 g/mol. The van der Waals surface area contributed by atoms with Crippen molar-refractivity contribution in [3.8, 4) is 0 Å². The van der Waals surface area contributed by atoms with E-state index in [2.05, 4.69) is 31.2 Å². The van der Waals surface area contributed by atoms with Crippen molar-refractivity contribution in [1.82, 2.24) is 9.97 Å². The van der Waals surface area contributed by atoms with E-state index < -0.39 is 17.9 Å². The van der Waals surface area contributed by atoms with Crippen LogP contribution < -0.4 is 11.1 Å². The SMILES string of the molecule is NC(CCC(=O)O)C(=O)Nc1cnc(Br)cn1. The van der Waals surface area contributed by atoms with Gasteiger partial charge in [0.05, 0.1) is 18.4 Å². The molecule has 0 saturated heterocycles. The number of hydrogen-bond acceptors (Lipinski definition) is 5. The van der Waals surface area contributed by atoms with Crippen LogP contribution >= 0.6 is 15.9 Å². The van der Waals surface area contributed by atoms with Gasteiger partial charge in [-0.1, -0.05) is 0 Å². The van der Waals surface area contributed by atoms with Crippen molar-refractivity contribution in [2.75, 3.05) is 5.32 Å². The lowest BCUT2D eigenvalue weighted by Gasteiger charge is -2.10. The molecule has 8 heteroatoms. The van der Waals surface area contributed by atoms with Crippen molar-refractivity contribution in [1.29, 1.82) is 0 Å². The smallest absolute Gasteiger partial charge is 0.303 e. The number of nitrogens with two attached hydrogens (primary N) is 1. The van der Waals surface area contributed by atoms with Crippen LogP contribution in [-0.2, 0) is 9.59 Å². The van der Waals surface area contributed by atoms with Crippen molar-refractivity contribution in [3.05, 3.63) is 17.0 Å². The zero-order valence-electron chi connectivity index (χ0n) is 8.76. The van der Waals surface area contributed by atoms with Crippen molar-refractivity contribution in [2.24, 2.45) is 5.73 Å². The van der Waals surface area contributed by atoms with Crippen molar-refractivity contribution < 1.29 is 14.7 Å². The van der Waals surface area contributed by atoms with Crippen LogP contribution in [0.4, 0.5) is 5.82 Å². The average molecular weight is 303 g/mol. The molecule has 1 unspecified atom stereocenters. The number of carbonyl (C=O) groups is 2. The van der Waals surface area contributed by atoms with Crippen LogP contribution in [0.15, 0.2) is 17.0 Å². The normalized spacial score (nSPS) is 11.9. The van der Waals surface area contributed by atoms with Gasteiger partial charge < -0.3 is 16.2 Å². The highest BCUT2D eigenvalue weighted by atomic mass is 79.9. The van der Waals surface area contributed by atoms with Gasteiger partial charge in [0.25, 0.3) is 0 Å². The standard InChI is InChI=1S/C9H11BrN4O3/c10-6-3-13-7(4-12-6)14-9(17)5(11)1-2-8(15)16/h3-5H,1-2,11H2,(H,15,16)(H,13,14,17). The van der Waals surface area contributed by atoms with Gasteiger partial charge in [0.2, 0.25) is 5.91 Å². The van der Waals surface area contributed by atoms with Gasteiger partial charge >= 0.3 is 5.97 Å². The topological polar surface area (TPSA) is 118 Å². The molecule has 0 saturated carbocycles. The number of carboxylic acids is 1. The Morgan fingerprint density at radius 3 is 2.71 bits per heavy atom. The predicted molar refractivity (Wildman–Crippen MR) is 63.2 cm³/mol. The summed E-state index contributed by atoms with van der Waals surface area (Å²) in [4.78, 5) is 29.6. The maximum absolute atomic E-state index is 11.5. The lowest BCUT2D eigenvalue weighted by Crippen LogP contribution is -2.36. The molecule has 17 heavy (non-hydrogen) atoms. The van der Waals surface area contributed by atoms with Gasteiger partial charge in [-0.25, -0.2) is 9.97 Å². The summed E-state index contributed by atoms with van der Waals surface area (Å²) < 4.78 is 0.547. The Hall–Kier alpha value is -1.54. The molecule has 1 heterocycles. The number of carbonyl (C=O) groups excluding carboxylic acids is 1. The van der Waals surface area contributed by atoms with Crippen LogP contribution in [-0.4, -0.2) is 33.0 Å². The molecule has 0 aromatic carbocycles. The molecular weight excluding hydrogens is 292 g/mol. The van der Waals surface area contributed by atoms with Crippen LogP contribution in [0.2, 0.25) is 0 Å². The third-order valence-electron chi connectivity index (χ3n) is 1.88. The molecule has 1 aromatic rings. The average Bonchev–Trinajstić information content (AvgIpc) is 2.28. The number of anilines is 1. The van der Waals surface area contributed by atoms with Crippen LogP contribution in [0, 0.1) is 0 Å². The van der Waals surface area contributed by atoms with E-state index in [9.17, 15) is 9.59 Å². The third-order valence-corrected chi connectivity index (χ3v) is 2.29. The first-order chi connectivity index (χ1) is 7.99. The molecule has 7 nitrogen and oxygen atoms in total. The second-order valence-corrected chi connectivity index (χ2v) is 4.06. The van der Waals surface area contributed by atoms with Gasteiger partial charge in [-0.05, 0) is 22.4 Å². The van der Waals surface area contributed by atoms with E-state index in [0.29, 0.717) is 4.60 Å². The second kappa shape index (κ2) is 6.26. The lowest BCUT2D eigenvalue weighted by molar-refractivity contribution is -0.137. The quantitative estimate of drug-likeness (QED) is 0.723. The maximum atomic E-state index is 11.5. The Kier molecular flexibility index (Phi) is 4.98. The second-order valence-electron chi connectivity index (χ2n) is 3.25. The van der Waals surface area contributed by atoms with E-state index in [1.54, 1.807) is 0 Å². The number of aromatic nitrogens is 2. The number of amides is 1. The van der Waals surface area contributed by atoms with E-state index in [1.165, 1.54) is 12.4 Å². The number of hydrogen-bond donors (Lipinski definition) is 3. The summed E-state index contributed by atoms with van der Waals surface area (Å²) in [5.74, 6) is -1.21. The van der Waals surface area contributed by atoms with E-state index in [1.807, 2.05) is 0 Å². The van der Waals surface area contributed by atoms with E-state index in [4.69, 9.17) is 10.8 Å². The zero-order chi connectivity index (χ0) is 12.8. The number of aliphatic carboxylic acids is 1. The summed E-state index contributed by atoms with van der Waals surface area (Å²) in [5, 5.41) is 10.9. The van der Waals surface area contributed by atoms with Crippen LogP contribution in [0.25, 0.3) is 0 Å². The fourth-order valence-electron chi connectivity index (χ4n) is 1.01. The van der Waals surface area contributed by atoms with Crippen LogP contribution in [0.3, 0.4) is 0 Å². The summed E-state index contributed by atoms with van der Waals surface area (Å²) >= 11 is 3.11. The fraction of sp³-hybridized carbons (Fsp3) is 0.333. The summed E-state index contributed by atoms with van der Waals surface area (Å²) in [5.41, 5.74) is 5.51. The molecule has 0 aliphatic rings. The first kappa shape index (κ1) is 13.5. The largest absolute Gasteiger partial charge is 0.481 e. The molecule has 1 aromatic heterocycles. The van der Waals surface area contributed by atoms with E-state index in [-0.39, 0.29) is 18.7 Å². The number of rotatable bonds is 5. The molecule has 1 rings (SSSR count). The number of carboxylic acid groups (broad SMARTS) is 1. The minimum atomic E-state index is -0.989. The fourth-order valence-corrected chi connectivity index (χ4v) is 1.21. The van der Waals surface area contributed by atoms with E-state index >= 15 is 0 Å². The summed E-state index contributed by atoms with van der Waals surface area (Å²) in [6.45, 7) is 0. The Morgan fingerprint density at radius 1 is 1.47 bits per heavy atom. The summed E-state index contributed by atoms with van der Waals surface area (Å²) in [6.07, 6.45) is 2.72. The van der Waals surface area contributed by atoms with Gasteiger partial charge in [0, 0.05) is 6.42 Å². The highest BCUT2D eigenvalue weighted by Crippen LogP contribution is 2.07. The Morgan fingerprint density at radius 2 is 2.18 bits per heavy atom. The van der Waals surface area contributed by atoms with Crippen LogP contribution in [0.5, 0.6) is 0 Å². The first-order valence-electron chi connectivity index (χ1n) is 4.75. The highest BCUT2D eigenvalue weighted by Gasteiger charge is 2.15.